The second kappa shape index (κ2) is 6.89. The van der Waals surface area contributed by atoms with Crippen LogP contribution in [0.3, 0.4) is 0 Å². The fourth-order valence-electron chi connectivity index (χ4n) is 3.58. The van der Waals surface area contributed by atoms with Crippen molar-refractivity contribution >= 4 is 0 Å². The van der Waals surface area contributed by atoms with Crippen molar-refractivity contribution in [2.24, 2.45) is 0 Å². The summed E-state index contributed by atoms with van der Waals surface area (Å²) in [7, 11) is 1.64. The summed E-state index contributed by atoms with van der Waals surface area (Å²) in [6.07, 6.45) is 3.79. The molecule has 0 N–H and O–H groups in total. The van der Waals surface area contributed by atoms with E-state index in [1.807, 2.05) is 30.7 Å². The molecule has 0 aliphatic heterocycles. The minimum absolute atomic E-state index is 0.534. The molecule has 1 heterocycles. The Morgan fingerprint density at radius 1 is 0.692 bits per heavy atom. The zero-order valence-electron chi connectivity index (χ0n) is 14.6. The Hall–Kier alpha value is -3.33. The van der Waals surface area contributed by atoms with Crippen molar-refractivity contribution in [2.75, 3.05) is 7.11 Å². The van der Waals surface area contributed by atoms with Gasteiger partial charge in [0.25, 0.3) is 0 Å². The maximum absolute atomic E-state index is 5.37. The second-order valence-corrected chi connectivity index (χ2v) is 6.13. The van der Waals surface area contributed by atoms with Crippen LogP contribution in [0.15, 0.2) is 104 Å². The predicted molar refractivity (Wildman–Crippen MR) is 103 cm³/mol. The van der Waals surface area contributed by atoms with Gasteiger partial charge in [-0.25, -0.2) is 4.98 Å². The minimum Gasteiger partial charge on any atom is -0.480 e. The minimum atomic E-state index is -0.534. The van der Waals surface area contributed by atoms with E-state index in [4.69, 9.17) is 4.74 Å². The van der Waals surface area contributed by atoms with Crippen LogP contribution in [0, 0.1) is 0 Å². The third-order valence-electron chi connectivity index (χ3n) is 4.73. The first-order valence-corrected chi connectivity index (χ1v) is 8.60. The summed E-state index contributed by atoms with van der Waals surface area (Å²) in [6, 6.07) is 31.5. The summed E-state index contributed by atoms with van der Waals surface area (Å²) in [4.78, 5) is 4.42. The monoisotopic (exact) mass is 340 g/mol. The van der Waals surface area contributed by atoms with Gasteiger partial charge in [0.2, 0.25) is 5.88 Å². The Balaban J connectivity index is 2.10. The van der Waals surface area contributed by atoms with E-state index in [0.29, 0.717) is 5.88 Å². The highest BCUT2D eigenvalue weighted by Gasteiger charge is 2.38. The van der Waals surface area contributed by atoms with Gasteiger partial charge in [0.1, 0.15) is 11.9 Å². The number of rotatable bonds is 5. The topological polar surface area (TPSA) is 27.1 Å². The molecule has 0 atom stereocenters. The standard InChI is InChI=1S/C23H20N2O/c1-26-22-17-25(18-24-22)23(19-11-5-2-6-12-19,20-13-7-3-8-14-20)21-15-9-4-10-16-21/h2-18H,1H3. The number of ether oxygens (including phenoxy) is 1. The van der Waals surface area contributed by atoms with Gasteiger partial charge in [-0.3, -0.25) is 0 Å². The molecule has 0 radical (unpaired) electrons. The van der Waals surface area contributed by atoms with Crippen LogP contribution in [0.2, 0.25) is 0 Å². The van der Waals surface area contributed by atoms with E-state index in [2.05, 4.69) is 82.3 Å². The Morgan fingerprint density at radius 2 is 1.12 bits per heavy atom. The van der Waals surface area contributed by atoms with Gasteiger partial charge >= 0.3 is 0 Å². The Kier molecular flexibility index (Phi) is 4.28. The smallest absolute Gasteiger partial charge is 0.231 e. The van der Waals surface area contributed by atoms with Crippen LogP contribution in [0.25, 0.3) is 0 Å². The summed E-state index contributed by atoms with van der Waals surface area (Å²) in [5.74, 6) is 0.595. The van der Waals surface area contributed by atoms with Gasteiger partial charge in [-0.05, 0) is 16.7 Å². The molecule has 0 amide bonds. The van der Waals surface area contributed by atoms with Crippen molar-refractivity contribution in [2.45, 2.75) is 5.54 Å². The van der Waals surface area contributed by atoms with Gasteiger partial charge in [0.05, 0.1) is 13.3 Å². The summed E-state index contributed by atoms with van der Waals surface area (Å²) in [6.45, 7) is 0. The number of benzene rings is 3. The van der Waals surface area contributed by atoms with E-state index in [0.717, 1.165) is 16.7 Å². The molecule has 0 aliphatic rings. The average molecular weight is 340 g/mol. The maximum Gasteiger partial charge on any atom is 0.231 e. The summed E-state index contributed by atoms with van der Waals surface area (Å²) < 4.78 is 7.50. The first kappa shape index (κ1) is 16.2. The van der Waals surface area contributed by atoms with Crippen LogP contribution in [0.5, 0.6) is 5.88 Å². The molecule has 4 aromatic rings. The van der Waals surface area contributed by atoms with E-state index >= 15 is 0 Å². The quantitative estimate of drug-likeness (QED) is 0.491. The number of hydrogen-bond donors (Lipinski definition) is 0. The number of aromatic nitrogens is 2. The van der Waals surface area contributed by atoms with Crippen molar-refractivity contribution in [1.29, 1.82) is 0 Å². The fourth-order valence-corrected chi connectivity index (χ4v) is 3.58. The normalized spacial score (nSPS) is 11.3. The average Bonchev–Trinajstić information content (AvgIpc) is 3.21. The van der Waals surface area contributed by atoms with Crippen molar-refractivity contribution in [1.82, 2.24) is 9.55 Å². The summed E-state index contributed by atoms with van der Waals surface area (Å²) in [5.41, 5.74) is 2.96. The zero-order chi connectivity index (χ0) is 17.8. The fraction of sp³-hybridized carbons (Fsp3) is 0.0870. The maximum atomic E-state index is 5.37. The van der Waals surface area contributed by atoms with Crippen molar-refractivity contribution < 1.29 is 4.74 Å². The van der Waals surface area contributed by atoms with Gasteiger partial charge in [-0.15, -0.1) is 0 Å². The van der Waals surface area contributed by atoms with E-state index in [-0.39, 0.29) is 0 Å². The van der Waals surface area contributed by atoms with Crippen LogP contribution in [-0.4, -0.2) is 16.7 Å². The number of imidazole rings is 1. The van der Waals surface area contributed by atoms with Crippen LogP contribution in [-0.2, 0) is 5.54 Å². The van der Waals surface area contributed by atoms with Crippen LogP contribution >= 0.6 is 0 Å². The number of nitrogens with zero attached hydrogens (tertiary/aromatic N) is 2. The van der Waals surface area contributed by atoms with E-state index in [9.17, 15) is 0 Å². The van der Waals surface area contributed by atoms with Gasteiger partial charge in [0.15, 0.2) is 0 Å². The summed E-state index contributed by atoms with van der Waals surface area (Å²) in [5, 5.41) is 0. The molecule has 3 nitrogen and oxygen atoms in total. The van der Waals surface area contributed by atoms with Crippen LogP contribution in [0.4, 0.5) is 0 Å². The highest BCUT2D eigenvalue weighted by Crippen LogP contribution is 2.41. The molecule has 4 rings (SSSR count). The van der Waals surface area contributed by atoms with Crippen LogP contribution in [0.1, 0.15) is 16.7 Å². The van der Waals surface area contributed by atoms with E-state index < -0.39 is 5.54 Å². The van der Waals surface area contributed by atoms with Crippen LogP contribution < -0.4 is 4.74 Å². The lowest BCUT2D eigenvalue weighted by atomic mass is 9.77. The third-order valence-corrected chi connectivity index (χ3v) is 4.73. The third kappa shape index (κ3) is 2.58. The molecular weight excluding hydrogens is 320 g/mol. The van der Waals surface area contributed by atoms with Gasteiger partial charge in [0, 0.05) is 0 Å². The number of hydrogen-bond acceptors (Lipinski definition) is 2. The lowest BCUT2D eigenvalue weighted by Crippen LogP contribution is -2.36. The molecule has 0 aliphatic carbocycles. The van der Waals surface area contributed by atoms with E-state index in [1.165, 1.54) is 0 Å². The SMILES string of the molecule is COc1cn(C(c2ccccc2)(c2ccccc2)c2ccccc2)cn1. The molecule has 26 heavy (non-hydrogen) atoms. The Bertz CT molecular complexity index is 866. The molecule has 0 saturated carbocycles. The highest BCUT2D eigenvalue weighted by molar-refractivity contribution is 5.50. The molecule has 3 aromatic carbocycles. The molecule has 0 spiro atoms. The lowest BCUT2D eigenvalue weighted by molar-refractivity contribution is 0.398. The first-order chi connectivity index (χ1) is 12.9. The second-order valence-electron chi connectivity index (χ2n) is 6.13. The lowest BCUT2D eigenvalue weighted by Gasteiger charge is -2.37. The van der Waals surface area contributed by atoms with Gasteiger partial charge < -0.3 is 9.30 Å². The predicted octanol–water partition coefficient (Wildman–Crippen LogP) is 4.73. The van der Waals surface area contributed by atoms with E-state index in [1.54, 1.807) is 7.11 Å². The molecule has 0 fully saturated rings. The molecule has 0 unspecified atom stereocenters. The van der Waals surface area contributed by atoms with Gasteiger partial charge in [-0.2, -0.15) is 0 Å². The largest absolute Gasteiger partial charge is 0.480 e. The van der Waals surface area contributed by atoms with Crippen molar-refractivity contribution in [3.8, 4) is 5.88 Å². The Labute approximate surface area is 153 Å². The molecule has 0 bridgehead atoms. The van der Waals surface area contributed by atoms with Gasteiger partial charge in [-0.1, -0.05) is 91.0 Å². The summed E-state index contributed by atoms with van der Waals surface area (Å²) >= 11 is 0. The molecule has 1 aromatic heterocycles. The van der Waals surface area contributed by atoms with Crippen molar-refractivity contribution in [3.63, 3.8) is 0 Å². The Morgan fingerprint density at radius 3 is 1.46 bits per heavy atom. The van der Waals surface area contributed by atoms with Crippen molar-refractivity contribution in [3.05, 3.63) is 120 Å². The zero-order valence-corrected chi connectivity index (χ0v) is 14.6. The first-order valence-electron chi connectivity index (χ1n) is 8.60. The highest BCUT2D eigenvalue weighted by atomic mass is 16.5. The molecule has 3 heteroatoms. The number of methoxy groups -OCH3 is 1. The molecule has 0 saturated heterocycles. The molecule has 128 valence electrons. The molecular formula is C23H20N2O.